The van der Waals surface area contributed by atoms with E-state index in [9.17, 15) is 9.59 Å². The van der Waals surface area contributed by atoms with Crippen LogP contribution in [0.2, 0.25) is 10.0 Å². The highest BCUT2D eigenvalue weighted by Crippen LogP contribution is 2.26. The quantitative estimate of drug-likeness (QED) is 0.343. The number of aryl methyl sites for hydroxylation is 1. The van der Waals surface area contributed by atoms with Gasteiger partial charge in [0.2, 0.25) is 11.8 Å². The summed E-state index contributed by atoms with van der Waals surface area (Å²) < 4.78 is 0. The molecule has 2 atom stereocenters. The first-order valence-electron chi connectivity index (χ1n) is 11.9. The van der Waals surface area contributed by atoms with Crippen molar-refractivity contribution >= 4 is 35.0 Å². The molecule has 0 bridgehead atoms. The van der Waals surface area contributed by atoms with Crippen LogP contribution in [0.3, 0.4) is 0 Å². The van der Waals surface area contributed by atoms with E-state index < -0.39 is 6.04 Å². The summed E-state index contributed by atoms with van der Waals surface area (Å²) in [6, 6.07) is 22.2. The Hall–Kier alpha value is -2.82. The van der Waals surface area contributed by atoms with Crippen molar-refractivity contribution in [1.29, 1.82) is 0 Å². The van der Waals surface area contributed by atoms with Crippen molar-refractivity contribution in [2.75, 3.05) is 0 Å². The standard InChI is InChI=1S/C29H32Cl2N2O2/c1-4-21(3)32-29(35)27(17-22-11-6-5-7-12-22)33(19-23-13-8-10-20(2)16-23)28(34)18-24-25(30)14-9-15-26(24)31/h5-16,21,27H,4,17-19H2,1-3H3,(H,32,35)/t21-,27+/m0/s1. The van der Waals surface area contributed by atoms with E-state index in [4.69, 9.17) is 23.2 Å². The zero-order valence-corrected chi connectivity index (χ0v) is 21.9. The Morgan fingerprint density at radius 2 is 1.54 bits per heavy atom. The normalized spacial score (nSPS) is 12.6. The smallest absolute Gasteiger partial charge is 0.243 e. The summed E-state index contributed by atoms with van der Waals surface area (Å²) in [5.41, 5.74) is 3.59. The van der Waals surface area contributed by atoms with Crippen LogP contribution < -0.4 is 5.32 Å². The van der Waals surface area contributed by atoms with E-state index in [0.29, 0.717) is 28.6 Å². The molecule has 6 heteroatoms. The summed E-state index contributed by atoms with van der Waals surface area (Å²) in [5.74, 6) is -0.379. The van der Waals surface area contributed by atoms with E-state index in [1.807, 2.05) is 75.4 Å². The summed E-state index contributed by atoms with van der Waals surface area (Å²) in [6.07, 6.45) is 1.20. The van der Waals surface area contributed by atoms with Crippen LogP contribution in [0.5, 0.6) is 0 Å². The van der Waals surface area contributed by atoms with Crippen LogP contribution in [0.15, 0.2) is 72.8 Å². The number of hydrogen-bond acceptors (Lipinski definition) is 2. The minimum Gasteiger partial charge on any atom is -0.352 e. The van der Waals surface area contributed by atoms with E-state index in [2.05, 4.69) is 5.32 Å². The van der Waals surface area contributed by atoms with Gasteiger partial charge in [0.15, 0.2) is 0 Å². The molecule has 2 amide bonds. The molecule has 0 aromatic heterocycles. The molecule has 0 aliphatic heterocycles. The molecule has 0 fully saturated rings. The summed E-state index contributed by atoms with van der Waals surface area (Å²) in [7, 11) is 0. The molecular formula is C29H32Cl2N2O2. The van der Waals surface area contributed by atoms with E-state index in [1.165, 1.54) is 0 Å². The third kappa shape index (κ3) is 7.58. The molecule has 0 aliphatic rings. The molecule has 0 spiro atoms. The van der Waals surface area contributed by atoms with Crippen LogP contribution in [0, 0.1) is 6.92 Å². The number of carbonyl (C=O) groups is 2. The van der Waals surface area contributed by atoms with Gasteiger partial charge in [0.05, 0.1) is 6.42 Å². The zero-order chi connectivity index (χ0) is 25.4. The van der Waals surface area contributed by atoms with E-state index >= 15 is 0 Å². The lowest BCUT2D eigenvalue weighted by atomic mass is 10.0. The Bertz CT molecular complexity index is 1130. The van der Waals surface area contributed by atoms with Gasteiger partial charge in [-0.1, -0.05) is 96.4 Å². The van der Waals surface area contributed by atoms with E-state index in [1.54, 1.807) is 23.1 Å². The monoisotopic (exact) mass is 510 g/mol. The summed E-state index contributed by atoms with van der Waals surface area (Å²) >= 11 is 12.8. The fourth-order valence-corrected chi connectivity index (χ4v) is 4.49. The molecule has 1 N–H and O–H groups in total. The highest BCUT2D eigenvalue weighted by Gasteiger charge is 2.31. The van der Waals surface area contributed by atoms with Gasteiger partial charge in [0.1, 0.15) is 6.04 Å². The van der Waals surface area contributed by atoms with Crippen molar-refractivity contribution in [3.8, 4) is 0 Å². The molecule has 0 radical (unpaired) electrons. The van der Waals surface area contributed by atoms with Crippen molar-refractivity contribution in [2.24, 2.45) is 0 Å². The van der Waals surface area contributed by atoms with Crippen molar-refractivity contribution in [3.05, 3.63) is 105 Å². The SMILES string of the molecule is CC[C@H](C)NC(=O)[C@@H](Cc1ccccc1)N(Cc1cccc(C)c1)C(=O)Cc1c(Cl)cccc1Cl. The maximum atomic E-state index is 13.8. The summed E-state index contributed by atoms with van der Waals surface area (Å²) in [6.45, 7) is 6.30. The molecule has 3 rings (SSSR count). The van der Waals surface area contributed by atoms with Gasteiger partial charge in [-0.25, -0.2) is 0 Å². The number of nitrogens with zero attached hydrogens (tertiary/aromatic N) is 1. The van der Waals surface area contributed by atoms with Crippen molar-refractivity contribution in [2.45, 2.75) is 58.7 Å². The number of nitrogens with one attached hydrogen (secondary N) is 1. The van der Waals surface area contributed by atoms with Gasteiger partial charge in [-0.2, -0.15) is 0 Å². The van der Waals surface area contributed by atoms with Crippen LogP contribution in [-0.4, -0.2) is 28.8 Å². The van der Waals surface area contributed by atoms with Gasteiger partial charge in [-0.3, -0.25) is 9.59 Å². The zero-order valence-electron chi connectivity index (χ0n) is 20.4. The Morgan fingerprint density at radius 1 is 0.914 bits per heavy atom. The molecule has 0 saturated heterocycles. The lowest BCUT2D eigenvalue weighted by molar-refractivity contribution is -0.141. The molecule has 35 heavy (non-hydrogen) atoms. The number of halogens is 2. The predicted molar refractivity (Wildman–Crippen MR) is 144 cm³/mol. The molecule has 0 unspecified atom stereocenters. The average molecular weight is 511 g/mol. The molecule has 4 nitrogen and oxygen atoms in total. The number of benzene rings is 3. The topological polar surface area (TPSA) is 49.4 Å². The van der Waals surface area contributed by atoms with Gasteiger partial charge < -0.3 is 10.2 Å². The van der Waals surface area contributed by atoms with Crippen molar-refractivity contribution in [3.63, 3.8) is 0 Å². The summed E-state index contributed by atoms with van der Waals surface area (Å²) in [4.78, 5) is 29.0. The number of hydrogen-bond donors (Lipinski definition) is 1. The largest absolute Gasteiger partial charge is 0.352 e. The number of amides is 2. The van der Waals surface area contributed by atoms with Gasteiger partial charge in [-0.15, -0.1) is 0 Å². The average Bonchev–Trinajstić information content (AvgIpc) is 2.84. The minimum atomic E-state index is -0.694. The fourth-order valence-electron chi connectivity index (χ4n) is 3.96. The van der Waals surface area contributed by atoms with E-state index in [-0.39, 0.29) is 24.3 Å². The number of carbonyl (C=O) groups excluding carboxylic acids is 2. The third-order valence-electron chi connectivity index (χ3n) is 6.10. The second-order valence-electron chi connectivity index (χ2n) is 8.91. The highest BCUT2D eigenvalue weighted by atomic mass is 35.5. The maximum Gasteiger partial charge on any atom is 0.243 e. The maximum absolute atomic E-state index is 13.8. The van der Waals surface area contributed by atoms with Crippen LogP contribution >= 0.6 is 23.2 Å². The molecule has 3 aromatic rings. The van der Waals surface area contributed by atoms with Gasteiger partial charge in [0, 0.05) is 29.1 Å². The number of rotatable bonds is 10. The van der Waals surface area contributed by atoms with Crippen LogP contribution in [0.25, 0.3) is 0 Å². The molecule has 3 aromatic carbocycles. The van der Waals surface area contributed by atoms with Crippen molar-refractivity contribution < 1.29 is 9.59 Å². The minimum absolute atomic E-state index is 0.00490. The van der Waals surface area contributed by atoms with Gasteiger partial charge >= 0.3 is 0 Å². The second kappa shape index (κ2) is 12.8. The van der Waals surface area contributed by atoms with Gasteiger partial charge in [0.25, 0.3) is 0 Å². The lowest BCUT2D eigenvalue weighted by Gasteiger charge is -2.32. The second-order valence-corrected chi connectivity index (χ2v) is 9.73. The first-order chi connectivity index (χ1) is 16.8. The third-order valence-corrected chi connectivity index (χ3v) is 6.81. The molecule has 0 saturated carbocycles. The predicted octanol–water partition coefficient (Wildman–Crippen LogP) is 6.40. The fraction of sp³-hybridized carbons (Fsp3) is 0.310. The first kappa shape index (κ1) is 26.8. The molecule has 0 aliphatic carbocycles. The first-order valence-corrected chi connectivity index (χ1v) is 12.7. The Balaban J connectivity index is 2.01. The van der Waals surface area contributed by atoms with Crippen LogP contribution in [0.4, 0.5) is 0 Å². The van der Waals surface area contributed by atoms with Crippen LogP contribution in [0.1, 0.15) is 42.5 Å². The Labute approximate surface area is 218 Å². The van der Waals surface area contributed by atoms with Gasteiger partial charge in [-0.05, 0) is 49.1 Å². The van der Waals surface area contributed by atoms with Crippen molar-refractivity contribution in [1.82, 2.24) is 10.2 Å². The Kier molecular flexibility index (Phi) is 9.76. The Morgan fingerprint density at radius 3 is 2.17 bits per heavy atom. The molecular weight excluding hydrogens is 479 g/mol. The highest BCUT2D eigenvalue weighted by molar-refractivity contribution is 6.36. The van der Waals surface area contributed by atoms with Crippen LogP contribution in [-0.2, 0) is 29.0 Å². The summed E-state index contributed by atoms with van der Waals surface area (Å²) in [5, 5.41) is 3.95. The molecule has 0 heterocycles. The molecule has 184 valence electrons. The van der Waals surface area contributed by atoms with E-state index in [0.717, 1.165) is 23.1 Å². The lowest BCUT2D eigenvalue weighted by Crippen LogP contribution is -2.52.